The minimum atomic E-state index is -0.0268. The van der Waals surface area contributed by atoms with Gasteiger partial charge >= 0.3 is 0 Å². The minimum Gasteiger partial charge on any atom is -0.469 e. The van der Waals surface area contributed by atoms with Crippen molar-refractivity contribution in [2.24, 2.45) is 5.73 Å². The Morgan fingerprint density at radius 2 is 2.06 bits per heavy atom. The maximum Gasteiger partial charge on any atom is 0.105 e. The summed E-state index contributed by atoms with van der Waals surface area (Å²) in [6.07, 6.45) is 2.40. The van der Waals surface area contributed by atoms with E-state index in [0.717, 1.165) is 23.4 Å². The van der Waals surface area contributed by atoms with Crippen LogP contribution in [0, 0.1) is 0 Å². The molecule has 1 atom stereocenters. The highest BCUT2D eigenvalue weighted by molar-refractivity contribution is 5.47. The Bertz CT molecular complexity index is 463. The first-order chi connectivity index (χ1) is 8.16. The molecule has 0 saturated carbocycles. The summed E-state index contributed by atoms with van der Waals surface area (Å²) in [5.41, 5.74) is 8.47. The summed E-state index contributed by atoms with van der Waals surface area (Å²) in [5, 5.41) is 0. The fraction of sp³-hybridized carbons (Fsp3) is 0.286. The predicted octanol–water partition coefficient (Wildman–Crippen LogP) is 2.59. The third-order valence-electron chi connectivity index (χ3n) is 2.82. The van der Waals surface area contributed by atoms with Crippen molar-refractivity contribution in [1.82, 2.24) is 0 Å². The Kier molecular flexibility index (Phi) is 3.49. The highest BCUT2D eigenvalue weighted by Gasteiger charge is 2.09. The zero-order valence-electron chi connectivity index (χ0n) is 10.3. The van der Waals surface area contributed by atoms with Gasteiger partial charge in [-0.15, -0.1) is 0 Å². The Balaban J connectivity index is 2.13. The lowest BCUT2D eigenvalue weighted by Gasteiger charge is -2.16. The maximum absolute atomic E-state index is 6.18. The Morgan fingerprint density at radius 1 is 1.24 bits per heavy atom. The molecule has 17 heavy (non-hydrogen) atoms. The van der Waals surface area contributed by atoms with E-state index in [-0.39, 0.29) is 6.04 Å². The number of benzene rings is 1. The predicted molar refractivity (Wildman–Crippen MR) is 70.1 cm³/mol. The van der Waals surface area contributed by atoms with Gasteiger partial charge in [0.25, 0.3) is 0 Å². The summed E-state index contributed by atoms with van der Waals surface area (Å²) < 4.78 is 5.31. The highest BCUT2D eigenvalue weighted by atomic mass is 16.3. The maximum atomic E-state index is 6.18. The monoisotopic (exact) mass is 230 g/mol. The molecule has 0 radical (unpaired) electrons. The second-order valence-corrected chi connectivity index (χ2v) is 4.38. The van der Waals surface area contributed by atoms with Crippen LogP contribution in [0.15, 0.2) is 47.1 Å². The van der Waals surface area contributed by atoms with Crippen LogP contribution in [0.25, 0.3) is 0 Å². The molecule has 1 aromatic carbocycles. The summed E-state index contributed by atoms with van der Waals surface area (Å²) in [5.74, 6) is 0.924. The van der Waals surface area contributed by atoms with Crippen LogP contribution in [-0.4, -0.2) is 14.1 Å². The van der Waals surface area contributed by atoms with Crippen molar-refractivity contribution in [3.8, 4) is 0 Å². The molecule has 3 heteroatoms. The standard InChI is InChI=1S/C14H18N2O/c1-16(2)12-6-3-5-11(9-12)14(15)10-13-7-4-8-17-13/h3-9,14H,10,15H2,1-2H3. The van der Waals surface area contributed by atoms with E-state index in [1.165, 1.54) is 0 Å². The van der Waals surface area contributed by atoms with E-state index >= 15 is 0 Å². The van der Waals surface area contributed by atoms with Crippen molar-refractivity contribution in [3.05, 3.63) is 54.0 Å². The average molecular weight is 230 g/mol. The van der Waals surface area contributed by atoms with E-state index in [2.05, 4.69) is 23.1 Å². The average Bonchev–Trinajstić information content (AvgIpc) is 2.82. The van der Waals surface area contributed by atoms with Gasteiger partial charge in [-0.25, -0.2) is 0 Å². The van der Waals surface area contributed by atoms with E-state index in [4.69, 9.17) is 10.2 Å². The molecule has 0 saturated heterocycles. The molecule has 1 unspecified atom stereocenters. The summed E-state index contributed by atoms with van der Waals surface area (Å²) in [7, 11) is 4.05. The SMILES string of the molecule is CN(C)c1cccc(C(N)Cc2ccco2)c1. The van der Waals surface area contributed by atoms with Crippen molar-refractivity contribution in [1.29, 1.82) is 0 Å². The van der Waals surface area contributed by atoms with Gasteiger partial charge in [0.1, 0.15) is 5.76 Å². The molecule has 0 aliphatic rings. The zero-order chi connectivity index (χ0) is 12.3. The minimum absolute atomic E-state index is 0.0268. The third-order valence-corrected chi connectivity index (χ3v) is 2.82. The molecule has 0 amide bonds. The fourth-order valence-electron chi connectivity index (χ4n) is 1.80. The molecule has 2 N–H and O–H groups in total. The number of furan rings is 1. The van der Waals surface area contributed by atoms with Crippen LogP contribution in [-0.2, 0) is 6.42 Å². The Hall–Kier alpha value is -1.74. The van der Waals surface area contributed by atoms with E-state index < -0.39 is 0 Å². The Labute approximate surface area is 102 Å². The molecule has 2 rings (SSSR count). The van der Waals surface area contributed by atoms with Gasteiger partial charge < -0.3 is 15.1 Å². The number of nitrogens with two attached hydrogens (primary N) is 1. The number of hydrogen-bond donors (Lipinski definition) is 1. The fourth-order valence-corrected chi connectivity index (χ4v) is 1.80. The third kappa shape index (κ3) is 2.88. The number of nitrogens with zero attached hydrogens (tertiary/aromatic N) is 1. The first-order valence-corrected chi connectivity index (χ1v) is 5.72. The van der Waals surface area contributed by atoms with E-state index in [0.29, 0.717) is 0 Å². The molecule has 2 aromatic rings. The van der Waals surface area contributed by atoms with Crippen molar-refractivity contribution in [2.45, 2.75) is 12.5 Å². The van der Waals surface area contributed by atoms with Crippen molar-refractivity contribution in [2.75, 3.05) is 19.0 Å². The van der Waals surface area contributed by atoms with Crippen LogP contribution in [0.5, 0.6) is 0 Å². The van der Waals surface area contributed by atoms with Gasteiger partial charge in [-0.1, -0.05) is 12.1 Å². The van der Waals surface area contributed by atoms with Crippen LogP contribution in [0.4, 0.5) is 5.69 Å². The molecule has 1 aromatic heterocycles. The first-order valence-electron chi connectivity index (χ1n) is 5.72. The Morgan fingerprint density at radius 3 is 2.71 bits per heavy atom. The van der Waals surface area contributed by atoms with Gasteiger partial charge in [-0.2, -0.15) is 0 Å². The molecule has 0 fully saturated rings. The molecule has 0 spiro atoms. The van der Waals surface area contributed by atoms with Gasteiger partial charge in [0.15, 0.2) is 0 Å². The topological polar surface area (TPSA) is 42.4 Å². The van der Waals surface area contributed by atoms with E-state index in [1.54, 1.807) is 6.26 Å². The summed E-state index contributed by atoms with van der Waals surface area (Å²) in [6.45, 7) is 0. The molecule has 3 nitrogen and oxygen atoms in total. The largest absolute Gasteiger partial charge is 0.469 e. The lowest BCUT2D eigenvalue weighted by atomic mass is 10.0. The molecule has 1 heterocycles. The molecular formula is C14H18N2O. The number of anilines is 1. The number of hydrogen-bond acceptors (Lipinski definition) is 3. The van der Waals surface area contributed by atoms with Crippen LogP contribution in [0.1, 0.15) is 17.4 Å². The second-order valence-electron chi connectivity index (χ2n) is 4.38. The van der Waals surface area contributed by atoms with Crippen molar-refractivity contribution >= 4 is 5.69 Å². The van der Waals surface area contributed by atoms with E-state index in [1.807, 2.05) is 32.3 Å². The highest BCUT2D eigenvalue weighted by Crippen LogP contribution is 2.20. The summed E-state index contributed by atoms with van der Waals surface area (Å²) in [6, 6.07) is 12.1. The van der Waals surface area contributed by atoms with Crippen molar-refractivity contribution in [3.63, 3.8) is 0 Å². The van der Waals surface area contributed by atoms with Gasteiger partial charge in [0.2, 0.25) is 0 Å². The second kappa shape index (κ2) is 5.06. The van der Waals surface area contributed by atoms with Gasteiger partial charge in [0, 0.05) is 32.2 Å². The quantitative estimate of drug-likeness (QED) is 0.877. The van der Waals surface area contributed by atoms with Gasteiger partial charge in [-0.3, -0.25) is 0 Å². The first kappa shape index (κ1) is 11.7. The van der Waals surface area contributed by atoms with Gasteiger partial charge in [0.05, 0.1) is 6.26 Å². The van der Waals surface area contributed by atoms with Gasteiger partial charge in [-0.05, 0) is 29.8 Å². The summed E-state index contributed by atoms with van der Waals surface area (Å²) in [4.78, 5) is 2.07. The smallest absolute Gasteiger partial charge is 0.105 e. The van der Waals surface area contributed by atoms with E-state index in [9.17, 15) is 0 Å². The molecular weight excluding hydrogens is 212 g/mol. The number of rotatable bonds is 4. The van der Waals surface area contributed by atoms with Crippen molar-refractivity contribution < 1.29 is 4.42 Å². The lowest BCUT2D eigenvalue weighted by molar-refractivity contribution is 0.488. The van der Waals surface area contributed by atoms with Crippen LogP contribution >= 0.6 is 0 Å². The van der Waals surface area contributed by atoms with Crippen LogP contribution in [0.3, 0.4) is 0 Å². The molecule has 0 bridgehead atoms. The normalized spacial score (nSPS) is 12.4. The van der Waals surface area contributed by atoms with Crippen LogP contribution < -0.4 is 10.6 Å². The molecule has 0 aliphatic carbocycles. The zero-order valence-corrected chi connectivity index (χ0v) is 10.3. The van der Waals surface area contributed by atoms with Crippen LogP contribution in [0.2, 0.25) is 0 Å². The molecule has 0 aliphatic heterocycles. The lowest BCUT2D eigenvalue weighted by Crippen LogP contribution is -2.14. The summed E-state index contributed by atoms with van der Waals surface area (Å²) >= 11 is 0. The molecule has 90 valence electrons.